The van der Waals surface area contributed by atoms with Crippen molar-refractivity contribution in [3.05, 3.63) is 71.5 Å². The van der Waals surface area contributed by atoms with Gasteiger partial charge in [0.05, 0.1) is 6.54 Å². The van der Waals surface area contributed by atoms with E-state index >= 15 is 0 Å². The zero-order valence-corrected chi connectivity index (χ0v) is 14.7. The summed E-state index contributed by atoms with van der Waals surface area (Å²) in [7, 11) is 0. The first kappa shape index (κ1) is 16.6. The Morgan fingerprint density at radius 2 is 1.71 bits per heavy atom. The third-order valence-corrected chi connectivity index (χ3v) is 4.84. The van der Waals surface area contributed by atoms with Crippen LogP contribution < -0.4 is 5.73 Å². The van der Waals surface area contributed by atoms with Gasteiger partial charge in [-0.2, -0.15) is 0 Å². The topological polar surface area (TPSA) is 56.7 Å². The monoisotopic (exact) mass is 338 g/mol. The van der Waals surface area contributed by atoms with E-state index in [9.17, 15) is 0 Å². The van der Waals surface area contributed by atoms with Crippen LogP contribution in [0.3, 0.4) is 0 Å². The van der Waals surface area contributed by atoms with Crippen molar-refractivity contribution in [2.45, 2.75) is 37.2 Å². The number of nitrogens with two attached hydrogens (primary N) is 1. The number of rotatable bonds is 7. The van der Waals surface area contributed by atoms with Gasteiger partial charge in [0.1, 0.15) is 5.82 Å². The van der Waals surface area contributed by atoms with Gasteiger partial charge in [0, 0.05) is 17.9 Å². The standard InChI is InChI=1S/C19H22N4S/c1-2-6-18-21-22-19(24-14-16-7-4-3-5-8-16)23(18)13-15-9-11-17(20)12-10-15/h3-5,7-12H,2,6,13-14,20H2,1H3. The van der Waals surface area contributed by atoms with Crippen molar-refractivity contribution in [3.63, 3.8) is 0 Å². The zero-order chi connectivity index (χ0) is 16.8. The second kappa shape index (κ2) is 8.02. The maximum absolute atomic E-state index is 5.78. The molecule has 0 unspecified atom stereocenters. The maximum Gasteiger partial charge on any atom is 0.191 e. The molecule has 0 saturated carbocycles. The Morgan fingerprint density at radius 1 is 0.958 bits per heavy atom. The van der Waals surface area contributed by atoms with Crippen LogP contribution in [0.25, 0.3) is 0 Å². The van der Waals surface area contributed by atoms with E-state index in [1.54, 1.807) is 11.8 Å². The highest BCUT2D eigenvalue weighted by atomic mass is 32.2. The van der Waals surface area contributed by atoms with E-state index < -0.39 is 0 Å². The minimum Gasteiger partial charge on any atom is -0.399 e. The van der Waals surface area contributed by atoms with Crippen LogP contribution in [0.5, 0.6) is 0 Å². The molecule has 0 bridgehead atoms. The summed E-state index contributed by atoms with van der Waals surface area (Å²) >= 11 is 1.73. The molecule has 1 aromatic heterocycles. The molecule has 0 spiro atoms. The Morgan fingerprint density at radius 3 is 2.42 bits per heavy atom. The van der Waals surface area contributed by atoms with Crippen LogP contribution in [0.1, 0.15) is 30.3 Å². The first-order chi connectivity index (χ1) is 11.8. The summed E-state index contributed by atoms with van der Waals surface area (Å²) in [5, 5.41) is 9.79. The van der Waals surface area contributed by atoms with Crippen LogP contribution in [0.15, 0.2) is 59.8 Å². The van der Waals surface area contributed by atoms with Crippen molar-refractivity contribution < 1.29 is 0 Å². The van der Waals surface area contributed by atoms with Crippen LogP contribution in [0, 0.1) is 0 Å². The number of anilines is 1. The molecule has 3 aromatic rings. The molecule has 124 valence electrons. The highest BCUT2D eigenvalue weighted by Gasteiger charge is 2.12. The quantitative estimate of drug-likeness (QED) is 0.519. The van der Waals surface area contributed by atoms with Crippen molar-refractivity contribution in [3.8, 4) is 0 Å². The average Bonchev–Trinajstić information content (AvgIpc) is 2.98. The third-order valence-electron chi connectivity index (χ3n) is 3.80. The molecule has 0 aliphatic heterocycles. The van der Waals surface area contributed by atoms with Gasteiger partial charge >= 0.3 is 0 Å². The summed E-state index contributed by atoms with van der Waals surface area (Å²) in [6, 6.07) is 18.5. The van der Waals surface area contributed by atoms with Gasteiger partial charge in [0.2, 0.25) is 0 Å². The van der Waals surface area contributed by atoms with Crippen molar-refractivity contribution in [1.29, 1.82) is 0 Å². The molecule has 0 saturated heterocycles. The van der Waals surface area contributed by atoms with E-state index in [0.29, 0.717) is 0 Å². The van der Waals surface area contributed by atoms with Crippen LogP contribution in [0.2, 0.25) is 0 Å². The normalized spacial score (nSPS) is 10.9. The summed E-state index contributed by atoms with van der Waals surface area (Å²) in [5.74, 6) is 1.94. The second-order valence-electron chi connectivity index (χ2n) is 5.75. The number of thioether (sulfide) groups is 1. The van der Waals surface area contributed by atoms with Gasteiger partial charge in [-0.15, -0.1) is 10.2 Å². The van der Waals surface area contributed by atoms with Gasteiger partial charge in [-0.05, 0) is 29.7 Å². The summed E-state index contributed by atoms with van der Waals surface area (Å²) < 4.78 is 2.22. The SMILES string of the molecule is CCCc1nnc(SCc2ccccc2)n1Cc1ccc(N)cc1. The fourth-order valence-corrected chi connectivity index (χ4v) is 3.43. The predicted octanol–water partition coefficient (Wildman–Crippen LogP) is 4.15. The number of hydrogen-bond acceptors (Lipinski definition) is 4. The van der Waals surface area contributed by atoms with Gasteiger partial charge in [-0.1, -0.05) is 61.2 Å². The van der Waals surface area contributed by atoms with Crippen LogP contribution >= 0.6 is 11.8 Å². The number of hydrogen-bond donors (Lipinski definition) is 1. The lowest BCUT2D eigenvalue weighted by Gasteiger charge is -2.10. The Hall–Kier alpha value is -2.27. The van der Waals surface area contributed by atoms with Crippen molar-refractivity contribution in [1.82, 2.24) is 14.8 Å². The molecule has 0 atom stereocenters. The fourth-order valence-electron chi connectivity index (χ4n) is 2.52. The first-order valence-corrected chi connectivity index (χ1v) is 9.18. The lowest BCUT2D eigenvalue weighted by Crippen LogP contribution is -2.07. The minimum atomic E-state index is 0.778. The summed E-state index contributed by atoms with van der Waals surface area (Å²) in [5.41, 5.74) is 9.08. The lowest BCUT2D eigenvalue weighted by atomic mass is 10.2. The van der Waals surface area contributed by atoms with E-state index in [0.717, 1.165) is 41.8 Å². The van der Waals surface area contributed by atoms with Crippen LogP contribution in [-0.2, 0) is 18.7 Å². The number of nitrogens with zero attached hydrogens (tertiary/aromatic N) is 3. The summed E-state index contributed by atoms with van der Waals surface area (Å²) in [4.78, 5) is 0. The zero-order valence-electron chi connectivity index (χ0n) is 13.9. The number of benzene rings is 2. The second-order valence-corrected chi connectivity index (χ2v) is 6.69. The van der Waals surface area contributed by atoms with E-state index in [4.69, 9.17) is 5.73 Å². The molecule has 3 rings (SSSR count). The van der Waals surface area contributed by atoms with Gasteiger partial charge in [0.25, 0.3) is 0 Å². The first-order valence-electron chi connectivity index (χ1n) is 8.19. The molecule has 0 amide bonds. The molecular formula is C19H22N4S. The van der Waals surface area contributed by atoms with Crippen molar-refractivity contribution in [2.75, 3.05) is 5.73 Å². The molecule has 0 radical (unpaired) electrons. The van der Waals surface area contributed by atoms with Gasteiger partial charge in [0.15, 0.2) is 5.16 Å². The Labute approximate surface area is 147 Å². The number of nitrogen functional groups attached to an aromatic ring is 1. The molecule has 4 nitrogen and oxygen atoms in total. The smallest absolute Gasteiger partial charge is 0.191 e. The maximum atomic E-state index is 5.78. The van der Waals surface area contributed by atoms with Crippen LogP contribution in [0.4, 0.5) is 5.69 Å². The lowest BCUT2D eigenvalue weighted by molar-refractivity contribution is 0.656. The summed E-state index contributed by atoms with van der Waals surface area (Å²) in [6.45, 7) is 2.94. The Bertz CT molecular complexity index is 766. The number of aromatic nitrogens is 3. The Kier molecular flexibility index (Phi) is 5.54. The fraction of sp³-hybridized carbons (Fsp3) is 0.263. The molecule has 0 aliphatic rings. The predicted molar refractivity (Wildman–Crippen MR) is 100.0 cm³/mol. The van der Waals surface area contributed by atoms with Gasteiger partial charge in [-0.3, -0.25) is 0 Å². The van der Waals surface area contributed by atoms with E-state index in [1.807, 2.05) is 18.2 Å². The molecule has 24 heavy (non-hydrogen) atoms. The highest BCUT2D eigenvalue weighted by molar-refractivity contribution is 7.98. The molecule has 1 heterocycles. The summed E-state index contributed by atoms with van der Waals surface area (Å²) in [6.07, 6.45) is 2.00. The van der Waals surface area contributed by atoms with E-state index in [2.05, 4.69) is 58.1 Å². The average molecular weight is 338 g/mol. The van der Waals surface area contributed by atoms with Gasteiger partial charge < -0.3 is 10.3 Å². The third kappa shape index (κ3) is 4.17. The molecule has 0 aliphatic carbocycles. The number of aryl methyl sites for hydroxylation is 1. The van der Waals surface area contributed by atoms with Crippen molar-refractivity contribution in [2.24, 2.45) is 0 Å². The van der Waals surface area contributed by atoms with Crippen molar-refractivity contribution >= 4 is 17.4 Å². The molecule has 2 N–H and O–H groups in total. The van der Waals surface area contributed by atoms with Crippen LogP contribution in [-0.4, -0.2) is 14.8 Å². The van der Waals surface area contributed by atoms with E-state index in [1.165, 1.54) is 11.1 Å². The Balaban J connectivity index is 1.79. The molecule has 0 fully saturated rings. The molecular weight excluding hydrogens is 316 g/mol. The molecule has 5 heteroatoms. The van der Waals surface area contributed by atoms with E-state index in [-0.39, 0.29) is 0 Å². The van der Waals surface area contributed by atoms with Gasteiger partial charge in [-0.25, -0.2) is 0 Å². The highest BCUT2D eigenvalue weighted by Crippen LogP contribution is 2.23. The molecule has 2 aromatic carbocycles. The minimum absolute atomic E-state index is 0.778. The largest absolute Gasteiger partial charge is 0.399 e.